The van der Waals surface area contributed by atoms with Crippen molar-refractivity contribution in [1.82, 2.24) is 9.97 Å². The molecule has 0 aliphatic carbocycles. The van der Waals surface area contributed by atoms with Crippen molar-refractivity contribution >= 4 is 49.6 Å². The van der Waals surface area contributed by atoms with E-state index in [1.807, 2.05) is 36.4 Å². The van der Waals surface area contributed by atoms with E-state index in [1.165, 1.54) is 5.56 Å². The van der Waals surface area contributed by atoms with Gasteiger partial charge in [0.2, 0.25) is 0 Å². The molecule has 5 nitrogen and oxygen atoms in total. The zero-order valence-electron chi connectivity index (χ0n) is 18.0. The lowest BCUT2D eigenvalue weighted by Gasteiger charge is -2.08. The van der Waals surface area contributed by atoms with Crippen LogP contribution in [0, 0.1) is 0 Å². The van der Waals surface area contributed by atoms with E-state index in [-0.39, 0.29) is 0 Å². The van der Waals surface area contributed by atoms with Gasteiger partial charge < -0.3 is 14.8 Å². The highest BCUT2D eigenvalue weighted by Crippen LogP contribution is 2.35. The molecule has 1 N–H and O–H groups in total. The number of benzene rings is 3. The van der Waals surface area contributed by atoms with E-state index in [4.69, 9.17) is 26.1 Å². The number of nitrogens with one attached hydrogen (secondary N) is 1. The molecule has 0 fully saturated rings. The number of thiazole rings is 2. The van der Waals surface area contributed by atoms with Crippen LogP contribution in [0.2, 0.25) is 5.02 Å². The first-order chi connectivity index (χ1) is 16.1. The van der Waals surface area contributed by atoms with E-state index in [2.05, 4.69) is 39.9 Å². The number of hydrogen-bond acceptors (Lipinski definition) is 7. The average molecular weight is 494 g/mol. The number of hydrogen-bond donors (Lipinski definition) is 1. The lowest BCUT2D eigenvalue weighted by molar-refractivity contribution is 0.355. The van der Waals surface area contributed by atoms with Crippen LogP contribution in [-0.2, 0) is 6.54 Å². The number of ether oxygens (including phenoxy) is 2. The van der Waals surface area contributed by atoms with Gasteiger partial charge in [0.05, 0.1) is 30.1 Å². The van der Waals surface area contributed by atoms with E-state index in [0.717, 1.165) is 42.2 Å². The number of nitrogens with zero attached hydrogens (tertiary/aromatic N) is 2. The summed E-state index contributed by atoms with van der Waals surface area (Å²) in [5.41, 5.74) is 5.12. The lowest BCUT2D eigenvalue weighted by atomic mass is 10.1. The van der Waals surface area contributed by atoms with Gasteiger partial charge in [-0.05, 0) is 42.0 Å². The number of anilines is 1. The molecule has 0 amide bonds. The molecule has 5 rings (SSSR count). The third-order valence-electron chi connectivity index (χ3n) is 5.18. The Balaban J connectivity index is 1.28. The molecule has 2 heterocycles. The molecule has 2 aromatic heterocycles. The highest BCUT2D eigenvalue weighted by Gasteiger charge is 2.11. The predicted octanol–water partition coefficient (Wildman–Crippen LogP) is 7.37. The highest BCUT2D eigenvalue weighted by atomic mass is 35.5. The van der Waals surface area contributed by atoms with Crippen molar-refractivity contribution in [3.8, 4) is 33.3 Å². The van der Waals surface area contributed by atoms with Crippen LogP contribution < -0.4 is 14.8 Å². The number of aromatic nitrogens is 2. The molecule has 5 aromatic rings. The number of halogens is 1. The third-order valence-corrected chi connectivity index (χ3v) is 7.28. The first kappa shape index (κ1) is 21.7. The molecule has 0 unspecified atom stereocenters. The Morgan fingerprint density at radius 3 is 2.45 bits per heavy atom. The van der Waals surface area contributed by atoms with Gasteiger partial charge >= 0.3 is 0 Å². The minimum absolute atomic E-state index is 0.692. The second-order valence-electron chi connectivity index (χ2n) is 7.29. The zero-order chi connectivity index (χ0) is 22.8. The number of methoxy groups -OCH3 is 2. The summed E-state index contributed by atoms with van der Waals surface area (Å²) in [6.07, 6.45) is 0. The van der Waals surface area contributed by atoms with E-state index < -0.39 is 0 Å². The van der Waals surface area contributed by atoms with Gasteiger partial charge in [-0.25, -0.2) is 9.97 Å². The molecule has 0 aliphatic rings. The van der Waals surface area contributed by atoms with Crippen molar-refractivity contribution in [2.45, 2.75) is 6.54 Å². The van der Waals surface area contributed by atoms with Crippen LogP contribution >= 0.6 is 34.3 Å². The van der Waals surface area contributed by atoms with Gasteiger partial charge in [0.25, 0.3) is 0 Å². The van der Waals surface area contributed by atoms with Crippen molar-refractivity contribution in [3.63, 3.8) is 0 Å². The van der Waals surface area contributed by atoms with Gasteiger partial charge in [-0.2, -0.15) is 0 Å². The van der Waals surface area contributed by atoms with Crippen molar-refractivity contribution in [2.75, 3.05) is 19.5 Å². The van der Waals surface area contributed by atoms with E-state index in [9.17, 15) is 0 Å². The van der Waals surface area contributed by atoms with Gasteiger partial charge in [-0.3, -0.25) is 0 Å². The summed E-state index contributed by atoms with van der Waals surface area (Å²) >= 11 is 9.30. The SMILES string of the molecule is COc1ccc(-c2csc(-c3ccc(CNc4nc5ccc(Cl)cc5s4)cc3)n2)cc1OC. The highest BCUT2D eigenvalue weighted by molar-refractivity contribution is 7.22. The topological polar surface area (TPSA) is 56.3 Å². The Bertz CT molecular complexity index is 1410. The summed E-state index contributed by atoms with van der Waals surface area (Å²) < 4.78 is 11.8. The van der Waals surface area contributed by atoms with Crippen LogP contribution in [0.3, 0.4) is 0 Å². The molecular formula is C25H20ClN3O2S2. The van der Waals surface area contributed by atoms with E-state index in [0.29, 0.717) is 18.0 Å². The fourth-order valence-electron chi connectivity index (χ4n) is 3.45. The Labute approximate surface area is 204 Å². The Kier molecular flexibility index (Phi) is 6.17. The van der Waals surface area contributed by atoms with Gasteiger partial charge in [0, 0.05) is 28.1 Å². The first-order valence-corrected chi connectivity index (χ1v) is 12.3. The van der Waals surface area contributed by atoms with Crippen LogP contribution in [0.4, 0.5) is 5.13 Å². The van der Waals surface area contributed by atoms with Crippen LogP contribution in [0.25, 0.3) is 32.0 Å². The smallest absolute Gasteiger partial charge is 0.184 e. The second-order valence-corrected chi connectivity index (χ2v) is 9.61. The first-order valence-electron chi connectivity index (χ1n) is 10.2. The van der Waals surface area contributed by atoms with Gasteiger partial charge in [-0.1, -0.05) is 47.2 Å². The molecule has 166 valence electrons. The summed E-state index contributed by atoms with van der Waals surface area (Å²) in [6, 6.07) is 20.0. The average Bonchev–Trinajstić information content (AvgIpc) is 3.49. The summed E-state index contributed by atoms with van der Waals surface area (Å²) in [6.45, 7) is 0.697. The van der Waals surface area contributed by atoms with Crippen molar-refractivity contribution in [3.05, 3.63) is 76.6 Å². The van der Waals surface area contributed by atoms with E-state index >= 15 is 0 Å². The molecule has 0 aliphatic heterocycles. The Morgan fingerprint density at radius 1 is 0.879 bits per heavy atom. The summed E-state index contributed by atoms with van der Waals surface area (Å²) in [4.78, 5) is 9.44. The fraction of sp³-hybridized carbons (Fsp3) is 0.120. The largest absolute Gasteiger partial charge is 0.493 e. The maximum Gasteiger partial charge on any atom is 0.184 e. The standard InChI is InChI=1S/C25H20ClN3O2S2/c1-30-21-10-7-17(11-22(21)31-2)20-14-32-24(28-20)16-5-3-15(4-6-16)13-27-25-29-19-9-8-18(26)12-23(19)33-25/h3-12,14H,13H2,1-2H3,(H,27,29). The molecule has 0 atom stereocenters. The maximum absolute atomic E-state index is 6.07. The van der Waals surface area contributed by atoms with Gasteiger partial charge in [0.15, 0.2) is 16.6 Å². The fourth-order valence-corrected chi connectivity index (χ4v) is 5.42. The molecule has 0 bridgehead atoms. The minimum atomic E-state index is 0.692. The Morgan fingerprint density at radius 2 is 1.67 bits per heavy atom. The van der Waals surface area contributed by atoms with Crippen LogP contribution in [0.5, 0.6) is 11.5 Å². The number of rotatable bonds is 7. The molecule has 3 aromatic carbocycles. The van der Waals surface area contributed by atoms with Gasteiger partial charge in [-0.15, -0.1) is 11.3 Å². The monoisotopic (exact) mass is 493 g/mol. The van der Waals surface area contributed by atoms with Crippen molar-refractivity contribution in [2.24, 2.45) is 0 Å². The molecule has 0 saturated heterocycles. The summed E-state index contributed by atoms with van der Waals surface area (Å²) in [7, 11) is 3.27. The molecule has 33 heavy (non-hydrogen) atoms. The number of fused-ring (bicyclic) bond motifs is 1. The normalized spacial score (nSPS) is 11.0. The maximum atomic E-state index is 6.07. The molecule has 0 radical (unpaired) electrons. The van der Waals surface area contributed by atoms with Crippen LogP contribution in [0.1, 0.15) is 5.56 Å². The van der Waals surface area contributed by atoms with Crippen LogP contribution in [-0.4, -0.2) is 24.2 Å². The molecule has 0 saturated carbocycles. The lowest BCUT2D eigenvalue weighted by Crippen LogP contribution is -1.98. The third kappa shape index (κ3) is 4.66. The summed E-state index contributed by atoms with van der Waals surface area (Å²) in [5, 5.41) is 8.05. The quantitative estimate of drug-likeness (QED) is 0.256. The van der Waals surface area contributed by atoms with Crippen molar-refractivity contribution < 1.29 is 9.47 Å². The molecular weight excluding hydrogens is 474 g/mol. The van der Waals surface area contributed by atoms with E-state index in [1.54, 1.807) is 36.9 Å². The second kappa shape index (κ2) is 9.39. The minimum Gasteiger partial charge on any atom is -0.493 e. The van der Waals surface area contributed by atoms with Gasteiger partial charge in [0.1, 0.15) is 5.01 Å². The Hall–Kier alpha value is -3.13. The molecule has 0 spiro atoms. The van der Waals surface area contributed by atoms with Crippen molar-refractivity contribution in [1.29, 1.82) is 0 Å². The zero-order valence-corrected chi connectivity index (χ0v) is 20.4. The van der Waals surface area contributed by atoms with Crippen LogP contribution in [0.15, 0.2) is 66.0 Å². The molecule has 8 heteroatoms. The predicted molar refractivity (Wildman–Crippen MR) is 138 cm³/mol. The summed E-state index contributed by atoms with van der Waals surface area (Å²) in [5.74, 6) is 1.40.